The van der Waals surface area contributed by atoms with Crippen LogP contribution in [0.15, 0.2) is 53.5 Å². The predicted molar refractivity (Wildman–Crippen MR) is 151 cm³/mol. The molecule has 2 amide bonds. The van der Waals surface area contributed by atoms with Gasteiger partial charge in [0, 0.05) is 17.7 Å². The van der Waals surface area contributed by atoms with Gasteiger partial charge in [0.2, 0.25) is 0 Å². The molecule has 2 saturated carbocycles. The Morgan fingerprint density at radius 3 is 2.26 bits per heavy atom. The molecular formula is C32H39N3O4. The zero-order valence-corrected chi connectivity index (χ0v) is 23.2. The molecule has 2 unspecified atom stereocenters. The van der Waals surface area contributed by atoms with Gasteiger partial charge >= 0.3 is 5.97 Å². The first kappa shape index (κ1) is 27.1. The van der Waals surface area contributed by atoms with Crippen LogP contribution in [-0.4, -0.2) is 45.7 Å². The fraction of sp³-hybridized carbons (Fsp3) is 0.500. The number of carboxylic acids is 1. The van der Waals surface area contributed by atoms with Crippen LogP contribution in [0.3, 0.4) is 0 Å². The van der Waals surface area contributed by atoms with Crippen LogP contribution in [0.1, 0.15) is 105 Å². The Balaban J connectivity index is 1.44. The van der Waals surface area contributed by atoms with Crippen molar-refractivity contribution in [3.05, 3.63) is 70.8 Å². The van der Waals surface area contributed by atoms with Gasteiger partial charge in [0.25, 0.3) is 11.8 Å². The van der Waals surface area contributed by atoms with Gasteiger partial charge in [-0.2, -0.15) is 0 Å². The molecule has 1 spiro atoms. The summed E-state index contributed by atoms with van der Waals surface area (Å²) in [5.74, 6) is 0.303. The van der Waals surface area contributed by atoms with E-state index in [4.69, 9.17) is 10.1 Å². The molecule has 3 aliphatic rings. The predicted octanol–water partition coefficient (Wildman–Crippen LogP) is 5.70. The molecule has 206 valence electrons. The number of carboxylic acid groups (broad SMARTS) is 1. The zero-order valence-electron chi connectivity index (χ0n) is 23.2. The molecule has 2 N–H and O–H groups in total. The summed E-state index contributed by atoms with van der Waals surface area (Å²) in [7, 11) is 0. The summed E-state index contributed by atoms with van der Waals surface area (Å²) in [6.45, 7) is 6.69. The second-order valence-corrected chi connectivity index (χ2v) is 11.8. The maximum absolute atomic E-state index is 14.2. The number of nitrogens with one attached hydrogen (secondary N) is 1. The highest BCUT2D eigenvalue weighted by Crippen LogP contribution is 2.48. The fourth-order valence-corrected chi connectivity index (χ4v) is 6.71. The van der Waals surface area contributed by atoms with Gasteiger partial charge in [-0.05, 0) is 79.5 Å². The number of nitrogens with zero attached hydrogens (tertiary/aromatic N) is 2. The summed E-state index contributed by atoms with van der Waals surface area (Å²) in [4.78, 5) is 44.8. The topological polar surface area (TPSA) is 99.1 Å². The first-order valence-corrected chi connectivity index (χ1v) is 14.3. The summed E-state index contributed by atoms with van der Waals surface area (Å²) in [6, 6.07) is 15.6. The lowest BCUT2D eigenvalue weighted by Crippen LogP contribution is -2.52. The maximum Gasteiger partial charge on any atom is 0.305 e. The molecule has 0 radical (unpaired) electrons. The number of benzene rings is 2. The Morgan fingerprint density at radius 2 is 1.69 bits per heavy atom. The van der Waals surface area contributed by atoms with Gasteiger partial charge in [-0.15, -0.1) is 0 Å². The molecular weight excluding hydrogens is 490 g/mol. The number of carbonyl (C=O) groups excluding carboxylic acids is 2. The molecule has 0 aromatic heterocycles. The van der Waals surface area contributed by atoms with E-state index in [9.17, 15) is 14.4 Å². The number of aliphatic imine (C=N–C) groups is 1. The molecule has 1 aliphatic heterocycles. The lowest BCUT2D eigenvalue weighted by molar-refractivity contribution is -0.137. The number of carbonyl (C=O) groups is 3. The lowest BCUT2D eigenvalue weighted by atomic mass is 9.75. The molecule has 5 rings (SSSR count). The van der Waals surface area contributed by atoms with E-state index in [1.54, 1.807) is 12.1 Å². The minimum absolute atomic E-state index is 0.0159. The summed E-state index contributed by atoms with van der Waals surface area (Å²) < 4.78 is 0. The standard InChI is InChI=1S/C32H39N3O4/c1-4-27(24-9-13-26(14-10-24)30(38)33-16-15-28(36)37)35-31(39)29(25-11-7-23(8-12-25)22-5-6-22)34-32(35)18-20(2)17-21(3)19-32/h7-14,20-22,27H,4-6,15-19H2,1-3H3,(H,33,38)(H,36,37)/t20?,21?,27-,32?/m1/s1. The van der Waals surface area contributed by atoms with Crippen molar-refractivity contribution in [1.82, 2.24) is 10.2 Å². The van der Waals surface area contributed by atoms with Gasteiger partial charge in [-0.1, -0.05) is 57.2 Å². The van der Waals surface area contributed by atoms with Gasteiger partial charge < -0.3 is 15.3 Å². The first-order valence-electron chi connectivity index (χ1n) is 14.3. The van der Waals surface area contributed by atoms with Crippen LogP contribution < -0.4 is 5.32 Å². The molecule has 2 fully saturated rings. The highest BCUT2D eigenvalue weighted by atomic mass is 16.4. The molecule has 7 nitrogen and oxygen atoms in total. The van der Waals surface area contributed by atoms with Crippen molar-refractivity contribution in [3.8, 4) is 0 Å². The van der Waals surface area contributed by atoms with Crippen LogP contribution >= 0.6 is 0 Å². The van der Waals surface area contributed by atoms with Gasteiger partial charge in [0.15, 0.2) is 0 Å². The molecule has 3 atom stereocenters. The number of hydrogen-bond acceptors (Lipinski definition) is 4. The van der Waals surface area contributed by atoms with Crippen molar-refractivity contribution in [2.75, 3.05) is 6.54 Å². The molecule has 0 saturated heterocycles. The minimum Gasteiger partial charge on any atom is -0.481 e. The Morgan fingerprint density at radius 1 is 1.05 bits per heavy atom. The SMILES string of the molecule is CC[C@H](c1ccc(C(=O)NCCC(=O)O)cc1)N1C(=O)C(c2ccc(C3CC3)cc2)=NC12CC(C)CC(C)C2. The second kappa shape index (κ2) is 10.9. The normalized spacial score (nSPS) is 25.5. The van der Waals surface area contributed by atoms with Crippen molar-refractivity contribution in [2.45, 2.75) is 83.3 Å². The lowest BCUT2D eigenvalue weighted by Gasteiger charge is -2.47. The third-order valence-electron chi connectivity index (χ3n) is 8.46. The summed E-state index contributed by atoms with van der Waals surface area (Å²) in [5, 5.41) is 11.5. The molecule has 2 aromatic carbocycles. The van der Waals surface area contributed by atoms with Crippen molar-refractivity contribution >= 4 is 23.5 Å². The first-order chi connectivity index (χ1) is 18.7. The van der Waals surface area contributed by atoms with Crippen molar-refractivity contribution in [1.29, 1.82) is 0 Å². The van der Waals surface area contributed by atoms with E-state index in [1.807, 2.05) is 17.0 Å². The smallest absolute Gasteiger partial charge is 0.305 e. The average Bonchev–Trinajstić information content (AvgIpc) is 3.71. The summed E-state index contributed by atoms with van der Waals surface area (Å²) in [6.07, 6.45) is 5.90. The second-order valence-electron chi connectivity index (χ2n) is 11.8. The van der Waals surface area contributed by atoms with Crippen molar-refractivity contribution < 1.29 is 19.5 Å². The third-order valence-corrected chi connectivity index (χ3v) is 8.46. The summed E-state index contributed by atoms with van der Waals surface area (Å²) in [5.41, 5.74) is 3.65. The molecule has 1 heterocycles. The van der Waals surface area contributed by atoms with E-state index >= 15 is 0 Å². The van der Waals surface area contributed by atoms with Gasteiger partial charge in [0.05, 0.1) is 12.5 Å². The van der Waals surface area contributed by atoms with E-state index in [0.717, 1.165) is 36.8 Å². The molecule has 7 heteroatoms. The van der Waals surface area contributed by atoms with Crippen LogP contribution in [0.4, 0.5) is 0 Å². The van der Waals surface area contributed by atoms with Crippen LogP contribution in [0.25, 0.3) is 0 Å². The number of rotatable bonds is 9. The molecule has 2 aromatic rings. The van der Waals surface area contributed by atoms with Crippen LogP contribution in [0, 0.1) is 11.8 Å². The third kappa shape index (κ3) is 5.63. The van der Waals surface area contributed by atoms with E-state index in [1.165, 1.54) is 18.4 Å². The van der Waals surface area contributed by atoms with Gasteiger partial charge in [-0.3, -0.25) is 19.4 Å². The molecule has 2 aliphatic carbocycles. The van der Waals surface area contributed by atoms with E-state index in [-0.39, 0.29) is 30.8 Å². The maximum atomic E-state index is 14.2. The van der Waals surface area contributed by atoms with Gasteiger partial charge in [0.1, 0.15) is 11.4 Å². The highest BCUT2D eigenvalue weighted by molar-refractivity contribution is 6.46. The largest absolute Gasteiger partial charge is 0.481 e. The van der Waals surface area contributed by atoms with Crippen molar-refractivity contribution in [3.63, 3.8) is 0 Å². The Hall–Kier alpha value is -3.48. The average molecular weight is 530 g/mol. The van der Waals surface area contributed by atoms with Crippen LogP contribution in [-0.2, 0) is 9.59 Å². The van der Waals surface area contributed by atoms with E-state index in [0.29, 0.717) is 29.0 Å². The Bertz CT molecular complexity index is 1250. The fourth-order valence-electron chi connectivity index (χ4n) is 6.71. The van der Waals surface area contributed by atoms with E-state index in [2.05, 4.69) is 50.4 Å². The Labute approximate surface area is 230 Å². The van der Waals surface area contributed by atoms with Crippen LogP contribution in [0.5, 0.6) is 0 Å². The van der Waals surface area contributed by atoms with E-state index < -0.39 is 11.6 Å². The number of aliphatic carboxylic acids is 1. The minimum atomic E-state index is -0.951. The molecule has 39 heavy (non-hydrogen) atoms. The monoisotopic (exact) mass is 529 g/mol. The highest BCUT2D eigenvalue weighted by Gasteiger charge is 2.52. The number of hydrogen-bond donors (Lipinski definition) is 2. The Kier molecular flexibility index (Phi) is 7.61. The van der Waals surface area contributed by atoms with Gasteiger partial charge in [-0.25, -0.2) is 0 Å². The number of amides is 2. The van der Waals surface area contributed by atoms with Crippen LogP contribution in [0.2, 0.25) is 0 Å². The summed E-state index contributed by atoms with van der Waals surface area (Å²) >= 11 is 0. The van der Waals surface area contributed by atoms with Crippen molar-refractivity contribution in [2.24, 2.45) is 16.8 Å². The zero-order chi connectivity index (χ0) is 27.7. The molecule has 0 bridgehead atoms. The quantitative estimate of drug-likeness (QED) is 0.435.